The highest BCUT2D eigenvalue weighted by molar-refractivity contribution is 7.99. The first-order valence-corrected chi connectivity index (χ1v) is 6.76. The fourth-order valence-electron chi connectivity index (χ4n) is 1.70. The molecule has 1 N–H and O–H groups in total. The second-order valence-electron chi connectivity index (χ2n) is 3.99. The summed E-state index contributed by atoms with van der Waals surface area (Å²) in [5, 5.41) is 21.2. The third-order valence-electron chi connectivity index (χ3n) is 2.65. The summed E-state index contributed by atoms with van der Waals surface area (Å²) in [5.41, 5.74) is 0.918. The Morgan fingerprint density at radius 3 is 2.76 bits per heavy atom. The average Bonchev–Trinajstić information content (AvgIpc) is 2.96. The van der Waals surface area contributed by atoms with Crippen LogP contribution in [0.1, 0.15) is 10.4 Å². The molecule has 0 unspecified atom stereocenters. The van der Waals surface area contributed by atoms with Gasteiger partial charge < -0.3 is 5.11 Å². The van der Waals surface area contributed by atoms with Gasteiger partial charge in [-0.1, -0.05) is 18.2 Å². The molecule has 0 saturated heterocycles. The van der Waals surface area contributed by atoms with Crippen molar-refractivity contribution in [2.24, 2.45) is 0 Å². The number of tetrazole rings is 1. The van der Waals surface area contributed by atoms with Crippen molar-refractivity contribution in [3.63, 3.8) is 0 Å². The number of carboxylic acid groups (broad SMARTS) is 1. The Bertz CT molecular complexity index is 775. The first-order chi connectivity index (χ1) is 10.3. The minimum Gasteiger partial charge on any atom is -0.478 e. The van der Waals surface area contributed by atoms with Crippen LogP contribution >= 0.6 is 11.8 Å². The molecule has 3 aromatic rings. The van der Waals surface area contributed by atoms with E-state index in [4.69, 9.17) is 5.11 Å². The smallest absolute Gasteiger partial charge is 0.338 e. The van der Waals surface area contributed by atoms with Crippen LogP contribution < -0.4 is 0 Å². The van der Waals surface area contributed by atoms with E-state index in [2.05, 4.69) is 20.5 Å². The summed E-state index contributed by atoms with van der Waals surface area (Å²) in [6.45, 7) is 0. The number of para-hydroxylation sites is 1. The van der Waals surface area contributed by atoms with Crippen LogP contribution in [0.3, 0.4) is 0 Å². The van der Waals surface area contributed by atoms with Crippen molar-refractivity contribution in [2.75, 3.05) is 0 Å². The summed E-state index contributed by atoms with van der Waals surface area (Å²) in [6, 6.07) is 11.0. The van der Waals surface area contributed by atoms with E-state index in [1.807, 2.05) is 30.3 Å². The lowest BCUT2D eigenvalue weighted by Crippen LogP contribution is -2.02. The summed E-state index contributed by atoms with van der Waals surface area (Å²) >= 11 is 1.18. The van der Waals surface area contributed by atoms with Crippen LogP contribution in [0.4, 0.5) is 0 Å². The number of nitrogens with zero attached hydrogens (tertiary/aromatic N) is 5. The zero-order chi connectivity index (χ0) is 14.7. The standard InChI is InChI=1S/C13H9N5O2S/c19-12(20)10-8-14-7-6-11(10)21-13-15-16-17-18(13)9-4-2-1-3-5-9/h1-8H,(H,19,20). The maximum atomic E-state index is 11.2. The first kappa shape index (κ1) is 13.3. The molecule has 0 bridgehead atoms. The maximum absolute atomic E-state index is 11.2. The molecule has 0 atom stereocenters. The van der Waals surface area contributed by atoms with Gasteiger partial charge in [0, 0.05) is 17.3 Å². The number of pyridine rings is 1. The lowest BCUT2D eigenvalue weighted by molar-refractivity contribution is 0.0692. The first-order valence-electron chi connectivity index (χ1n) is 5.94. The van der Waals surface area contributed by atoms with Gasteiger partial charge in [-0.2, -0.15) is 4.68 Å². The van der Waals surface area contributed by atoms with E-state index in [-0.39, 0.29) is 5.56 Å². The van der Waals surface area contributed by atoms with Crippen molar-refractivity contribution in [1.29, 1.82) is 0 Å². The van der Waals surface area contributed by atoms with Crippen molar-refractivity contribution < 1.29 is 9.90 Å². The molecule has 0 aliphatic heterocycles. The van der Waals surface area contributed by atoms with Crippen LogP contribution in [-0.2, 0) is 0 Å². The number of benzene rings is 1. The monoisotopic (exact) mass is 299 g/mol. The van der Waals surface area contributed by atoms with Crippen molar-refractivity contribution >= 4 is 17.7 Å². The van der Waals surface area contributed by atoms with Crippen LogP contribution in [0, 0.1) is 0 Å². The van der Waals surface area contributed by atoms with E-state index in [0.717, 1.165) is 5.69 Å². The minimum absolute atomic E-state index is 0.116. The van der Waals surface area contributed by atoms with Crippen LogP contribution in [0.2, 0.25) is 0 Å². The second-order valence-corrected chi connectivity index (χ2v) is 5.00. The topological polar surface area (TPSA) is 93.8 Å². The summed E-state index contributed by atoms with van der Waals surface area (Å²) in [6.07, 6.45) is 2.84. The number of rotatable bonds is 4. The maximum Gasteiger partial charge on any atom is 0.338 e. The molecule has 21 heavy (non-hydrogen) atoms. The quantitative estimate of drug-likeness (QED) is 0.786. The van der Waals surface area contributed by atoms with Crippen LogP contribution in [0.15, 0.2) is 58.8 Å². The number of aromatic carboxylic acids is 1. The zero-order valence-electron chi connectivity index (χ0n) is 10.6. The normalized spacial score (nSPS) is 10.5. The minimum atomic E-state index is -1.04. The summed E-state index contributed by atoms with van der Waals surface area (Å²) in [4.78, 5) is 15.5. The Morgan fingerprint density at radius 2 is 2.00 bits per heavy atom. The van der Waals surface area contributed by atoms with Gasteiger partial charge in [0.2, 0.25) is 5.16 Å². The van der Waals surface area contributed by atoms with E-state index in [9.17, 15) is 4.79 Å². The number of hydrogen-bond donors (Lipinski definition) is 1. The van der Waals surface area contributed by atoms with Crippen molar-refractivity contribution in [2.45, 2.75) is 10.1 Å². The molecular weight excluding hydrogens is 290 g/mol. The fourth-order valence-corrected chi connectivity index (χ4v) is 2.58. The average molecular weight is 299 g/mol. The molecular formula is C13H9N5O2S. The van der Waals surface area contributed by atoms with E-state index in [0.29, 0.717) is 10.1 Å². The number of carbonyl (C=O) groups is 1. The summed E-state index contributed by atoms with van der Waals surface area (Å²) in [7, 11) is 0. The highest BCUT2D eigenvalue weighted by atomic mass is 32.2. The van der Waals surface area contributed by atoms with Gasteiger partial charge in [0.05, 0.1) is 11.3 Å². The van der Waals surface area contributed by atoms with Crippen molar-refractivity contribution in [1.82, 2.24) is 25.2 Å². The van der Waals surface area contributed by atoms with Gasteiger partial charge in [-0.15, -0.1) is 5.10 Å². The van der Waals surface area contributed by atoms with E-state index >= 15 is 0 Å². The highest BCUT2D eigenvalue weighted by Gasteiger charge is 2.15. The van der Waals surface area contributed by atoms with Crippen LogP contribution in [-0.4, -0.2) is 36.3 Å². The lowest BCUT2D eigenvalue weighted by Gasteiger charge is -2.05. The van der Waals surface area contributed by atoms with E-state index in [1.165, 1.54) is 24.2 Å². The van der Waals surface area contributed by atoms with Gasteiger partial charge in [0.1, 0.15) is 0 Å². The van der Waals surface area contributed by atoms with Gasteiger partial charge in [-0.25, -0.2) is 4.79 Å². The summed E-state index contributed by atoms with van der Waals surface area (Å²) in [5.74, 6) is -1.04. The van der Waals surface area contributed by atoms with Gasteiger partial charge in [-0.05, 0) is 40.4 Å². The molecule has 0 aliphatic rings. The van der Waals surface area contributed by atoms with Gasteiger partial charge in [-0.3, -0.25) is 4.98 Å². The third-order valence-corrected chi connectivity index (χ3v) is 3.67. The van der Waals surface area contributed by atoms with Crippen LogP contribution in [0.5, 0.6) is 0 Å². The predicted molar refractivity (Wildman–Crippen MR) is 74.5 cm³/mol. The largest absolute Gasteiger partial charge is 0.478 e. The molecule has 1 aromatic carbocycles. The van der Waals surface area contributed by atoms with Crippen molar-refractivity contribution in [3.05, 3.63) is 54.4 Å². The van der Waals surface area contributed by atoms with E-state index < -0.39 is 5.97 Å². The molecule has 2 heterocycles. The molecule has 3 rings (SSSR count). The van der Waals surface area contributed by atoms with Gasteiger partial charge >= 0.3 is 5.97 Å². The fraction of sp³-hybridized carbons (Fsp3) is 0. The third kappa shape index (κ3) is 2.75. The summed E-state index contributed by atoms with van der Waals surface area (Å²) < 4.78 is 1.55. The van der Waals surface area contributed by atoms with E-state index in [1.54, 1.807) is 10.7 Å². The molecule has 0 aliphatic carbocycles. The van der Waals surface area contributed by atoms with Gasteiger partial charge in [0.15, 0.2) is 0 Å². The molecule has 0 fully saturated rings. The Hall–Kier alpha value is -2.74. The molecule has 7 nitrogen and oxygen atoms in total. The number of carboxylic acids is 1. The molecule has 104 valence electrons. The molecule has 0 spiro atoms. The Kier molecular flexibility index (Phi) is 3.61. The Balaban J connectivity index is 1.98. The lowest BCUT2D eigenvalue weighted by atomic mass is 10.3. The molecule has 0 amide bonds. The zero-order valence-corrected chi connectivity index (χ0v) is 11.4. The van der Waals surface area contributed by atoms with Crippen LogP contribution in [0.25, 0.3) is 5.69 Å². The second kappa shape index (κ2) is 5.71. The molecule has 0 saturated carbocycles. The predicted octanol–water partition coefficient (Wildman–Crippen LogP) is 1.91. The number of hydrogen-bond acceptors (Lipinski definition) is 6. The Labute approximate surface area is 123 Å². The Morgan fingerprint density at radius 1 is 1.19 bits per heavy atom. The molecule has 2 aromatic heterocycles. The van der Waals surface area contributed by atoms with Crippen molar-refractivity contribution in [3.8, 4) is 5.69 Å². The molecule has 8 heteroatoms. The number of aromatic nitrogens is 5. The molecule has 0 radical (unpaired) electrons. The SMILES string of the molecule is O=C(O)c1cnccc1Sc1nnnn1-c1ccccc1. The van der Waals surface area contributed by atoms with Gasteiger partial charge in [0.25, 0.3) is 0 Å². The highest BCUT2D eigenvalue weighted by Crippen LogP contribution is 2.29.